The number of carbonyl (C=O) groups excluding carboxylic acids is 1. The minimum atomic E-state index is -0.115. The Morgan fingerprint density at radius 2 is 1.91 bits per heavy atom. The van der Waals surface area contributed by atoms with Crippen molar-refractivity contribution in [2.75, 3.05) is 41.0 Å². The van der Waals surface area contributed by atoms with Crippen molar-refractivity contribution >= 4 is 5.91 Å². The minimum Gasteiger partial charge on any atom is -0.497 e. The molecule has 1 aliphatic rings. The van der Waals surface area contributed by atoms with Gasteiger partial charge in [0, 0.05) is 38.2 Å². The molecule has 3 aromatic rings. The van der Waals surface area contributed by atoms with Crippen molar-refractivity contribution < 1.29 is 19.0 Å². The number of aromatic nitrogens is 5. The average Bonchev–Trinajstić information content (AvgIpc) is 3.51. The van der Waals surface area contributed by atoms with Gasteiger partial charge in [0.1, 0.15) is 23.0 Å². The fraction of sp³-hybridized carbons (Fsp3) is 0.500. The summed E-state index contributed by atoms with van der Waals surface area (Å²) >= 11 is 0. The Bertz CT molecular complexity index is 1220. The average molecular weight is 485 g/mol. The molecule has 0 unspecified atom stereocenters. The lowest BCUT2D eigenvalue weighted by molar-refractivity contribution is 0.0704. The van der Waals surface area contributed by atoms with Gasteiger partial charge in [0.2, 0.25) is 0 Å². The highest BCUT2D eigenvalue weighted by molar-refractivity contribution is 5.93. The summed E-state index contributed by atoms with van der Waals surface area (Å²) < 4.78 is 19.0. The largest absolute Gasteiger partial charge is 0.497 e. The molecule has 0 spiro atoms. The number of piperidine rings is 1. The normalized spacial score (nSPS) is 14.3. The molecule has 188 valence electrons. The van der Waals surface area contributed by atoms with Gasteiger partial charge >= 0.3 is 5.69 Å². The number of aromatic amines is 1. The van der Waals surface area contributed by atoms with Crippen molar-refractivity contribution in [3.05, 3.63) is 46.3 Å². The second kappa shape index (κ2) is 10.8. The number of likely N-dealkylation sites (tertiary alicyclic amines) is 1. The molecule has 11 nitrogen and oxygen atoms in total. The van der Waals surface area contributed by atoms with E-state index < -0.39 is 0 Å². The summed E-state index contributed by atoms with van der Waals surface area (Å²) in [4.78, 5) is 27.6. The Morgan fingerprint density at radius 1 is 1.14 bits per heavy atom. The third kappa shape index (κ3) is 4.95. The fourth-order valence-electron chi connectivity index (χ4n) is 4.48. The number of amides is 1. The number of rotatable bonds is 9. The first-order valence-electron chi connectivity index (χ1n) is 11.7. The smallest absolute Gasteiger partial charge is 0.345 e. The zero-order chi connectivity index (χ0) is 24.9. The van der Waals surface area contributed by atoms with Crippen LogP contribution in [-0.2, 0) is 17.8 Å². The van der Waals surface area contributed by atoms with Crippen molar-refractivity contribution in [1.82, 2.24) is 29.4 Å². The van der Waals surface area contributed by atoms with Crippen molar-refractivity contribution in [2.45, 2.75) is 38.8 Å². The van der Waals surface area contributed by atoms with Gasteiger partial charge in [-0.2, -0.15) is 10.2 Å². The molecule has 0 atom stereocenters. The van der Waals surface area contributed by atoms with Crippen LogP contribution in [0.5, 0.6) is 11.5 Å². The van der Waals surface area contributed by atoms with Gasteiger partial charge in [0.15, 0.2) is 0 Å². The molecule has 1 saturated heterocycles. The van der Waals surface area contributed by atoms with E-state index in [1.165, 1.54) is 4.68 Å². The Kier molecular flexibility index (Phi) is 7.54. The van der Waals surface area contributed by atoms with E-state index in [0.717, 1.165) is 24.2 Å². The summed E-state index contributed by atoms with van der Waals surface area (Å²) in [5.41, 5.74) is 1.64. The highest BCUT2D eigenvalue weighted by Gasteiger charge is 2.29. The Balaban J connectivity index is 1.46. The number of methoxy groups -OCH3 is 3. The molecule has 1 fully saturated rings. The minimum absolute atomic E-state index is 0.109. The van der Waals surface area contributed by atoms with Gasteiger partial charge in [0.25, 0.3) is 5.91 Å². The van der Waals surface area contributed by atoms with E-state index in [2.05, 4.69) is 15.3 Å². The first kappa shape index (κ1) is 24.5. The number of carbonyl (C=O) groups is 1. The summed E-state index contributed by atoms with van der Waals surface area (Å²) in [6.45, 7) is 4.50. The molecule has 2 aromatic heterocycles. The molecule has 4 rings (SSSR count). The molecule has 35 heavy (non-hydrogen) atoms. The zero-order valence-corrected chi connectivity index (χ0v) is 20.6. The first-order valence-corrected chi connectivity index (χ1v) is 11.7. The maximum Gasteiger partial charge on any atom is 0.345 e. The van der Waals surface area contributed by atoms with E-state index in [-0.39, 0.29) is 17.5 Å². The SMILES string of the molecule is CCn1c(C2CCN(C(=O)c3cc(-c4cc(OC)ccc4OC)n[nH]3)CC2)nn(CCOC)c1=O. The first-order chi connectivity index (χ1) is 17.0. The number of hydrogen-bond acceptors (Lipinski definition) is 7. The molecular weight excluding hydrogens is 452 g/mol. The maximum absolute atomic E-state index is 13.2. The predicted molar refractivity (Wildman–Crippen MR) is 129 cm³/mol. The van der Waals surface area contributed by atoms with Gasteiger partial charge in [-0.3, -0.25) is 14.5 Å². The van der Waals surface area contributed by atoms with Gasteiger partial charge in [-0.15, -0.1) is 0 Å². The molecule has 3 heterocycles. The summed E-state index contributed by atoms with van der Waals surface area (Å²) in [5.74, 6) is 2.11. The second-order valence-electron chi connectivity index (χ2n) is 8.40. The van der Waals surface area contributed by atoms with E-state index in [9.17, 15) is 9.59 Å². The van der Waals surface area contributed by atoms with Gasteiger partial charge in [-0.05, 0) is 44.0 Å². The van der Waals surface area contributed by atoms with E-state index >= 15 is 0 Å². The molecule has 1 aliphatic heterocycles. The Hall–Kier alpha value is -3.60. The van der Waals surface area contributed by atoms with E-state index in [4.69, 9.17) is 14.2 Å². The zero-order valence-electron chi connectivity index (χ0n) is 20.6. The predicted octanol–water partition coefficient (Wildman–Crippen LogP) is 2.14. The second-order valence-corrected chi connectivity index (χ2v) is 8.40. The molecular formula is C24H32N6O5. The van der Waals surface area contributed by atoms with E-state index in [1.54, 1.807) is 32.0 Å². The molecule has 1 N–H and O–H groups in total. The molecule has 1 aromatic carbocycles. The van der Waals surface area contributed by atoms with Gasteiger partial charge in [0.05, 0.1) is 33.1 Å². The van der Waals surface area contributed by atoms with E-state index in [0.29, 0.717) is 55.7 Å². The van der Waals surface area contributed by atoms with Crippen LogP contribution >= 0.6 is 0 Å². The van der Waals surface area contributed by atoms with Crippen LogP contribution in [0.15, 0.2) is 29.1 Å². The lowest BCUT2D eigenvalue weighted by Crippen LogP contribution is -2.38. The van der Waals surface area contributed by atoms with Crippen LogP contribution < -0.4 is 15.2 Å². The highest BCUT2D eigenvalue weighted by atomic mass is 16.5. The van der Waals surface area contributed by atoms with Crippen LogP contribution in [0.3, 0.4) is 0 Å². The number of nitrogens with zero attached hydrogens (tertiary/aromatic N) is 5. The quantitative estimate of drug-likeness (QED) is 0.495. The van der Waals surface area contributed by atoms with Crippen LogP contribution in [0.4, 0.5) is 0 Å². The Morgan fingerprint density at radius 3 is 2.57 bits per heavy atom. The van der Waals surface area contributed by atoms with Crippen molar-refractivity contribution in [2.24, 2.45) is 0 Å². The summed E-state index contributed by atoms with van der Waals surface area (Å²) in [5, 5.41) is 11.8. The van der Waals surface area contributed by atoms with Crippen LogP contribution in [-0.4, -0.2) is 76.4 Å². The van der Waals surface area contributed by atoms with Crippen molar-refractivity contribution in [1.29, 1.82) is 0 Å². The fourth-order valence-corrected chi connectivity index (χ4v) is 4.48. The summed E-state index contributed by atoms with van der Waals surface area (Å²) in [7, 11) is 4.79. The maximum atomic E-state index is 13.2. The number of H-pyrrole nitrogens is 1. The number of ether oxygens (including phenoxy) is 3. The Labute approximate surface area is 203 Å². The van der Waals surface area contributed by atoms with Crippen LogP contribution in [0.1, 0.15) is 42.0 Å². The lowest BCUT2D eigenvalue weighted by Gasteiger charge is -2.31. The number of benzene rings is 1. The number of nitrogens with one attached hydrogen (secondary N) is 1. The lowest BCUT2D eigenvalue weighted by atomic mass is 9.95. The summed E-state index contributed by atoms with van der Waals surface area (Å²) in [6, 6.07) is 7.18. The standard InChI is InChI=1S/C24H32N6O5/c1-5-29-22(27-30(24(29)32)12-13-33-2)16-8-10-28(11-9-16)23(31)20-15-19(25-26-20)18-14-17(34-3)6-7-21(18)35-4/h6-7,14-16H,5,8-13H2,1-4H3,(H,25,26). The topological polar surface area (TPSA) is 116 Å². The molecule has 0 bridgehead atoms. The molecule has 0 radical (unpaired) electrons. The highest BCUT2D eigenvalue weighted by Crippen LogP contribution is 2.33. The van der Waals surface area contributed by atoms with Gasteiger partial charge in [-0.25, -0.2) is 9.48 Å². The van der Waals surface area contributed by atoms with Gasteiger partial charge in [-0.1, -0.05) is 0 Å². The number of hydrogen-bond donors (Lipinski definition) is 1. The molecule has 11 heteroatoms. The van der Waals surface area contributed by atoms with Crippen molar-refractivity contribution in [3.63, 3.8) is 0 Å². The van der Waals surface area contributed by atoms with Crippen LogP contribution in [0.2, 0.25) is 0 Å². The van der Waals surface area contributed by atoms with Gasteiger partial charge < -0.3 is 19.1 Å². The monoisotopic (exact) mass is 484 g/mol. The molecule has 0 saturated carbocycles. The third-order valence-electron chi connectivity index (χ3n) is 6.41. The molecule has 0 aliphatic carbocycles. The molecule has 1 amide bonds. The third-order valence-corrected chi connectivity index (χ3v) is 6.41. The van der Waals surface area contributed by atoms with Crippen LogP contribution in [0.25, 0.3) is 11.3 Å². The van der Waals surface area contributed by atoms with E-state index in [1.807, 2.05) is 30.0 Å². The van der Waals surface area contributed by atoms with Crippen molar-refractivity contribution in [3.8, 4) is 22.8 Å². The van der Waals surface area contributed by atoms with Crippen LogP contribution in [0, 0.1) is 0 Å². The summed E-state index contributed by atoms with van der Waals surface area (Å²) in [6.07, 6.45) is 1.47.